The summed E-state index contributed by atoms with van der Waals surface area (Å²) in [7, 11) is 1.59. The third-order valence-corrected chi connectivity index (χ3v) is 4.01. The van der Waals surface area contributed by atoms with Crippen molar-refractivity contribution < 1.29 is 4.74 Å². The molecule has 0 aliphatic carbocycles. The van der Waals surface area contributed by atoms with Gasteiger partial charge in [0.25, 0.3) is 0 Å². The van der Waals surface area contributed by atoms with Crippen molar-refractivity contribution in [1.82, 2.24) is 9.97 Å². The Morgan fingerprint density at radius 3 is 2.81 bits per heavy atom. The van der Waals surface area contributed by atoms with Gasteiger partial charge in [0.05, 0.1) is 22.2 Å². The highest BCUT2D eigenvalue weighted by atomic mass is 32.1. The number of nitrogens with zero attached hydrogens (tertiary/aromatic N) is 2. The van der Waals surface area contributed by atoms with Crippen molar-refractivity contribution in [2.24, 2.45) is 0 Å². The number of thiophene rings is 2. The Morgan fingerprint density at radius 2 is 2.06 bits per heavy atom. The van der Waals surface area contributed by atoms with Gasteiger partial charge >= 0.3 is 6.01 Å². The predicted octanol–water partition coefficient (Wildman–Crippen LogP) is 3.43. The maximum absolute atomic E-state index is 5.12. The Balaban J connectivity index is 2.33. The summed E-state index contributed by atoms with van der Waals surface area (Å²) >= 11 is 3.33. The first kappa shape index (κ1) is 9.74. The van der Waals surface area contributed by atoms with Gasteiger partial charge in [0.15, 0.2) is 0 Å². The SMILES string of the molecule is COc1nc(-c2cccs2)c2sccc2n1. The van der Waals surface area contributed by atoms with Gasteiger partial charge in [-0.2, -0.15) is 9.97 Å². The van der Waals surface area contributed by atoms with Crippen LogP contribution >= 0.6 is 22.7 Å². The molecule has 3 aromatic heterocycles. The summed E-state index contributed by atoms with van der Waals surface area (Å²) in [5.41, 5.74) is 1.91. The molecule has 0 bridgehead atoms. The smallest absolute Gasteiger partial charge is 0.317 e. The Bertz CT molecular complexity index is 616. The fraction of sp³-hybridized carbons (Fsp3) is 0.0909. The van der Waals surface area contributed by atoms with Crippen molar-refractivity contribution in [1.29, 1.82) is 0 Å². The van der Waals surface area contributed by atoms with Crippen molar-refractivity contribution in [3.63, 3.8) is 0 Å². The normalized spacial score (nSPS) is 10.8. The lowest BCUT2D eigenvalue weighted by Gasteiger charge is -2.02. The van der Waals surface area contributed by atoms with Crippen LogP contribution in [-0.2, 0) is 0 Å². The van der Waals surface area contributed by atoms with E-state index in [-0.39, 0.29) is 0 Å². The van der Waals surface area contributed by atoms with Crippen molar-refractivity contribution in [3.05, 3.63) is 29.0 Å². The molecular formula is C11H8N2OS2. The second kappa shape index (κ2) is 3.84. The number of aromatic nitrogens is 2. The highest BCUT2D eigenvalue weighted by Crippen LogP contribution is 2.33. The minimum atomic E-state index is 0.425. The van der Waals surface area contributed by atoms with Crippen molar-refractivity contribution >= 4 is 32.9 Å². The molecule has 0 aromatic carbocycles. The standard InChI is InChI=1S/C11H8N2OS2/c1-14-11-12-7-4-6-16-10(7)9(13-11)8-3-2-5-15-8/h2-6H,1H3. The first-order valence-electron chi connectivity index (χ1n) is 4.71. The monoisotopic (exact) mass is 248 g/mol. The largest absolute Gasteiger partial charge is 0.467 e. The maximum atomic E-state index is 5.12. The molecule has 16 heavy (non-hydrogen) atoms. The van der Waals surface area contributed by atoms with E-state index in [1.54, 1.807) is 29.8 Å². The van der Waals surface area contributed by atoms with Gasteiger partial charge in [-0.25, -0.2) is 0 Å². The fourth-order valence-corrected chi connectivity index (χ4v) is 3.13. The molecule has 0 saturated carbocycles. The molecule has 0 fully saturated rings. The quantitative estimate of drug-likeness (QED) is 0.697. The summed E-state index contributed by atoms with van der Waals surface area (Å²) in [4.78, 5) is 9.87. The third-order valence-electron chi connectivity index (χ3n) is 2.22. The van der Waals surface area contributed by atoms with E-state index < -0.39 is 0 Å². The highest BCUT2D eigenvalue weighted by molar-refractivity contribution is 7.18. The number of hydrogen-bond acceptors (Lipinski definition) is 5. The van der Waals surface area contributed by atoms with E-state index >= 15 is 0 Å². The van der Waals surface area contributed by atoms with Crippen molar-refractivity contribution in [3.8, 4) is 16.6 Å². The lowest BCUT2D eigenvalue weighted by Crippen LogP contribution is -1.93. The zero-order valence-electron chi connectivity index (χ0n) is 8.51. The second-order valence-electron chi connectivity index (χ2n) is 3.17. The lowest BCUT2D eigenvalue weighted by molar-refractivity contribution is 0.382. The van der Waals surface area contributed by atoms with Crippen LogP contribution in [0.3, 0.4) is 0 Å². The first-order valence-corrected chi connectivity index (χ1v) is 6.47. The van der Waals surface area contributed by atoms with Gasteiger partial charge in [-0.1, -0.05) is 6.07 Å². The Labute approximate surface area is 100 Å². The molecule has 0 radical (unpaired) electrons. The molecule has 0 spiro atoms. The molecule has 5 heteroatoms. The van der Waals surface area contributed by atoms with Crippen LogP contribution in [-0.4, -0.2) is 17.1 Å². The average molecular weight is 248 g/mol. The zero-order valence-corrected chi connectivity index (χ0v) is 10.1. The average Bonchev–Trinajstić information content (AvgIpc) is 2.98. The lowest BCUT2D eigenvalue weighted by atomic mass is 10.3. The summed E-state index contributed by atoms with van der Waals surface area (Å²) in [5.74, 6) is 0. The van der Waals surface area contributed by atoms with E-state index in [0.29, 0.717) is 6.01 Å². The van der Waals surface area contributed by atoms with Gasteiger partial charge in [-0.05, 0) is 22.9 Å². The molecule has 3 heterocycles. The summed E-state index contributed by atoms with van der Waals surface area (Å²) in [5, 5.41) is 4.07. The molecule has 0 N–H and O–H groups in total. The number of ether oxygens (including phenoxy) is 1. The van der Waals surface area contributed by atoms with Gasteiger partial charge in [0, 0.05) is 0 Å². The van der Waals surface area contributed by atoms with Crippen molar-refractivity contribution in [2.75, 3.05) is 7.11 Å². The van der Waals surface area contributed by atoms with Crippen LogP contribution in [0.25, 0.3) is 20.8 Å². The maximum Gasteiger partial charge on any atom is 0.317 e. The Hall–Kier alpha value is -1.46. The van der Waals surface area contributed by atoms with Gasteiger partial charge < -0.3 is 4.74 Å². The van der Waals surface area contributed by atoms with E-state index in [9.17, 15) is 0 Å². The molecule has 80 valence electrons. The van der Waals surface area contributed by atoms with Gasteiger partial charge in [-0.3, -0.25) is 0 Å². The second-order valence-corrected chi connectivity index (χ2v) is 5.03. The van der Waals surface area contributed by atoms with Crippen LogP contribution in [0.4, 0.5) is 0 Å². The van der Waals surface area contributed by atoms with Crippen LogP contribution in [0.1, 0.15) is 0 Å². The minimum Gasteiger partial charge on any atom is -0.467 e. The number of fused-ring (bicyclic) bond motifs is 1. The predicted molar refractivity (Wildman–Crippen MR) is 67.3 cm³/mol. The van der Waals surface area contributed by atoms with Crippen LogP contribution in [0, 0.1) is 0 Å². The number of rotatable bonds is 2. The van der Waals surface area contributed by atoms with Crippen LogP contribution in [0.15, 0.2) is 29.0 Å². The van der Waals surface area contributed by atoms with Crippen LogP contribution < -0.4 is 4.74 Å². The molecule has 0 saturated heterocycles. The van der Waals surface area contributed by atoms with E-state index in [0.717, 1.165) is 20.8 Å². The molecule has 0 atom stereocenters. The van der Waals surface area contributed by atoms with Crippen LogP contribution in [0.5, 0.6) is 6.01 Å². The Morgan fingerprint density at radius 1 is 1.12 bits per heavy atom. The summed E-state index contributed by atoms with van der Waals surface area (Å²) in [6.07, 6.45) is 0. The fourth-order valence-electron chi connectivity index (χ4n) is 1.51. The van der Waals surface area contributed by atoms with E-state index in [2.05, 4.69) is 16.0 Å². The van der Waals surface area contributed by atoms with E-state index in [1.807, 2.05) is 22.9 Å². The Kier molecular flexibility index (Phi) is 2.34. The van der Waals surface area contributed by atoms with Crippen molar-refractivity contribution in [2.45, 2.75) is 0 Å². The molecule has 3 aromatic rings. The topological polar surface area (TPSA) is 35.0 Å². The molecule has 0 aliphatic rings. The molecule has 0 aliphatic heterocycles. The number of hydrogen-bond donors (Lipinski definition) is 0. The molecule has 0 amide bonds. The van der Waals surface area contributed by atoms with Gasteiger partial charge in [0.1, 0.15) is 5.69 Å². The number of methoxy groups -OCH3 is 1. The van der Waals surface area contributed by atoms with Gasteiger partial charge in [-0.15, -0.1) is 22.7 Å². The van der Waals surface area contributed by atoms with Gasteiger partial charge in [0.2, 0.25) is 0 Å². The molecule has 3 rings (SSSR count). The highest BCUT2D eigenvalue weighted by Gasteiger charge is 2.11. The summed E-state index contributed by atoms with van der Waals surface area (Å²) < 4.78 is 6.23. The van der Waals surface area contributed by atoms with E-state index in [1.165, 1.54) is 0 Å². The zero-order chi connectivity index (χ0) is 11.0. The molecular weight excluding hydrogens is 240 g/mol. The third kappa shape index (κ3) is 1.48. The van der Waals surface area contributed by atoms with E-state index in [4.69, 9.17) is 4.74 Å². The summed E-state index contributed by atoms with van der Waals surface area (Å²) in [6, 6.07) is 6.50. The molecule has 0 unspecified atom stereocenters. The molecule has 3 nitrogen and oxygen atoms in total. The first-order chi connectivity index (χ1) is 7.88. The minimum absolute atomic E-state index is 0.425. The summed E-state index contributed by atoms with van der Waals surface area (Å²) in [6.45, 7) is 0. The van der Waals surface area contributed by atoms with Crippen LogP contribution in [0.2, 0.25) is 0 Å².